The monoisotopic (exact) mass is 538 g/mol. The number of fused-ring (bicyclic) bond motifs is 3. The first kappa shape index (κ1) is 24.4. The Balaban J connectivity index is 1.45. The van der Waals surface area contributed by atoms with Crippen molar-refractivity contribution in [1.29, 1.82) is 10.5 Å². The summed E-state index contributed by atoms with van der Waals surface area (Å²) >= 11 is 6.18. The van der Waals surface area contributed by atoms with Crippen molar-refractivity contribution < 1.29 is 9.72 Å². The van der Waals surface area contributed by atoms with Crippen molar-refractivity contribution in [3.8, 4) is 12.1 Å². The zero-order chi connectivity index (χ0) is 27.1. The van der Waals surface area contributed by atoms with Crippen LogP contribution in [0.25, 0.3) is 6.08 Å². The maximum Gasteiger partial charge on any atom is 0.288 e. The van der Waals surface area contributed by atoms with Gasteiger partial charge in [0.05, 0.1) is 29.1 Å². The smallest absolute Gasteiger partial charge is 0.288 e. The summed E-state index contributed by atoms with van der Waals surface area (Å²) in [6.07, 6.45) is 9.92. The lowest BCUT2D eigenvalue weighted by atomic mass is 9.47. The van der Waals surface area contributed by atoms with Crippen LogP contribution in [0.5, 0.6) is 0 Å². The van der Waals surface area contributed by atoms with E-state index in [-0.39, 0.29) is 16.5 Å². The van der Waals surface area contributed by atoms with E-state index in [9.17, 15) is 20.6 Å². The zero-order valence-electron chi connectivity index (χ0n) is 21.3. The maximum absolute atomic E-state index is 15.0. The van der Waals surface area contributed by atoms with Crippen molar-refractivity contribution in [2.24, 2.45) is 28.6 Å². The van der Waals surface area contributed by atoms with Gasteiger partial charge in [0.25, 0.3) is 5.69 Å². The predicted octanol–water partition coefficient (Wildman–Crippen LogP) is 6.56. The molecule has 196 valence electrons. The fourth-order valence-corrected chi connectivity index (χ4v) is 9.44. The lowest BCUT2D eigenvalue weighted by molar-refractivity contribution is -0.384. The van der Waals surface area contributed by atoms with E-state index in [4.69, 9.17) is 11.6 Å². The molecule has 4 aliphatic carbocycles. The maximum atomic E-state index is 15.0. The van der Waals surface area contributed by atoms with Crippen LogP contribution in [0.1, 0.15) is 67.2 Å². The summed E-state index contributed by atoms with van der Waals surface area (Å²) < 4.78 is 0. The second-order valence-corrected chi connectivity index (χ2v) is 12.7. The van der Waals surface area contributed by atoms with E-state index in [2.05, 4.69) is 12.1 Å². The predicted molar refractivity (Wildman–Crippen MR) is 144 cm³/mol. The minimum atomic E-state index is -1.65. The second kappa shape index (κ2) is 8.41. The summed E-state index contributed by atoms with van der Waals surface area (Å²) in [5.41, 5.74) is -0.273. The van der Waals surface area contributed by atoms with Gasteiger partial charge in [-0.05, 0) is 85.1 Å². The van der Waals surface area contributed by atoms with Gasteiger partial charge in [0.1, 0.15) is 5.02 Å². The number of nitro benzene ring substituents is 1. The molecule has 1 saturated heterocycles. The number of rotatable bonds is 4. The average Bonchev–Trinajstić information content (AvgIpc) is 3.23. The number of hydrogen-bond donors (Lipinski definition) is 0. The van der Waals surface area contributed by atoms with E-state index in [0.717, 1.165) is 30.4 Å². The first-order valence-corrected chi connectivity index (χ1v) is 14.0. The highest BCUT2D eigenvalue weighted by atomic mass is 35.5. The summed E-state index contributed by atoms with van der Waals surface area (Å²) in [4.78, 5) is 28.2. The van der Waals surface area contributed by atoms with Gasteiger partial charge in [0.15, 0.2) is 11.2 Å². The molecule has 4 saturated carbocycles. The number of ketones is 1. The Kier molecular flexibility index (Phi) is 5.25. The highest BCUT2D eigenvalue weighted by Gasteiger charge is 2.67. The number of hydrogen-bond acceptors (Lipinski definition) is 6. The van der Waals surface area contributed by atoms with Crippen LogP contribution in [-0.4, -0.2) is 21.6 Å². The van der Waals surface area contributed by atoms with Crippen LogP contribution >= 0.6 is 11.6 Å². The quantitative estimate of drug-likeness (QED) is 0.322. The minimum Gasteiger partial charge on any atom is -0.357 e. The number of carbonyl (C=O) groups is 1. The van der Waals surface area contributed by atoms with Crippen molar-refractivity contribution >= 4 is 29.1 Å². The first-order valence-electron chi connectivity index (χ1n) is 13.7. The molecule has 8 rings (SSSR count). The number of nitro groups is 1. The molecule has 39 heavy (non-hydrogen) atoms. The Bertz CT molecular complexity index is 1490. The molecule has 0 N–H and O–H groups in total. The van der Waals surface area contributed by atoms with Crippen LogP contribution in [0.15, 0.2) is 48.7 Å². The molecule has 0 spiro atoms. The van der Waals surface area contributed by atoms with Crippen LogP contribution in [0, 0.1) is 61.4 Å². The Morgan fingerprint density at radius 1 is 1.03 bits per heavy atom. The third-order valence-electron chi connectivity index (χ3n) is 10.3. The molecular formula is C31H27ClN4O3. The van der Waals surface area contributed by atoms with Crippen LogP contribution in [0.2, 0.25) is 5.02 Å². The molecule has 7 nitrogen and oxygen atoms in total. The van der Waals surface area contributed by atoms with E-state index in [1.165, 1.54) is 31.4 Å². The van der Waals surface area contributed by atoms with Crippen LogP contribution in [0.4, 0.5) is 5.69 Å². The summed E-state index contributed by atoms with van der Waals surface area (Å²) in [5.74, 6) is 0.834. The molecular weight excluding hydrogens is 512 g/mol. The summed E-state index contributed by atoms with van der Waals surface area (Å²) in [5, 5.41) is 33.4. The van der Waals surface area contributed by atoms with Gasteiger partial charge in [-0.2, -0.15) is 10.5 Å². The van der Waals surface area contributed by atoms with Crippen LogP contribution < -0.4 is 0 Å². The van der Waals surface area contributed by atoms with Gasteiger partial charge in [0.2, 0.25) is 0 Å². The molecule has 0 aromatic heterocycles. The molecule has 2 aromatic carbocycles. The van der Waals surface area contributed by atoms with Crippen molar-refractivity contribution in [2.75, 3.05) is 0 Å². The van der Waals surface area contributed by atoms with Gasteiger partial charge in [-0.3, -0.25) is 14.9 Å². The fraction of sp³-hybridized carbons (Fsp3) is 0.452. The molecule has 4 bridgehead atoms. The van der Waals surface area contributed by atoms with Gasteiger partial charge in [0, 0.05) is 23.6 Å². The van der Waals surface area contributed by atoms with Crippen molar-refractivity contribution in [3.05, 3.63) is 80.5 Å². The molecule has 0 amide bonds. The Morgan fingerprint density at radius 2 is 1.67 bits per heavy atom. The number of nitriles is 2. The zero-order valence-corrected chi connectivity index (χ0v) is 22.1. The molecule has 0 radical (unpaired) electrons. The van der Waals surface area contributed by atoms with Gasteiger partial charge >= 0.3 is 0 Å². The van der Waals surface area contributed by atoms with E-state index >= 15 is 4.79 Å². The molecule has 2 aromatic rings. The van der Waals surface area contributed by atoms with Crippen LogP contribution in [-0.2, 0) is 4.79 Å². The Labute approximate surface area is 231 Å². The van der Waals surface area contributed by atoms with E-state index in [1.54, 1.807) is 6.07 Å². The molecule has 6 aliphatic rings. The SMILES string of the molecule is N#CC1(C#N)C(c2ccc(Cl)c([N+](=O)[O-])c2)C(C(=O)C23CC4CC(CC(C4)C2)C3)N2C=Cc3ccccc3C21. The topological polar surface area (TPSA) is 111 Å². The molecule has 2 aliphatic heterocycles. The lowest BCUT2D eigenvalue weighted by Gasteiger charge is -2.57. The Morgan fingerprint density at radius 3 is 2.28 bits per heavy atom. The average molecular weight is 539 g/mol. The number of Topliss-reactive ketones (excluding diaryl/α,β-unsaturated/α-hetero) is 1. The number of carbonyl (C=O) groups excluding carboxylic acids is 1. The largest absolute Gasteiger partial charge is 0.357 e. The fourth-order valence-electron chi connectivity index (χ4n) is 9.26. The van der Waals surface area contributed by atoms with Crippen molar-refractivity contribution in [2.45, 2.75) is 56.5 Å². The van der Waals surface area contributed by atoms with Gasteiger partial charge in [-0.1, -0.05) is 41.9 Å². The third kappa shape index (κ3) is 3.29. The van der Waals surface area contributed by atoms with Crippen molar-refractivity contribution in [3.63, 3.8) is 0 Å². The molecule has 3 unspecified atom stereocenters. The van der Waals surface area contributed by atoms with E-state index in [0.29, 0.717) is 23.3 Å². The molecule has 5 fully saturated rings. The molecule has 8 heteroatoms. The molecule has 2 heterocycles. The van der Waals surface area contributed by atoms with Crippen LogP contribution in [0.3, 0.4) is 0 Å². The highest BCUT2D eigenvalue weighted by molar-refractivity contribution is 6.32. The summed E-state index contributed by atoms with van der Waals surface area (Å²) in [6.45, 7) is 0. The second-order valence-electron chi connectivity index (χ2n) is 12.3. The van der Waals surface area contributed by atoms with Gasteiger partial charge in [-0.15, -0.1) is 0 Å². The minimum absolute atomic E-state index is 0.0202. The van der Waals surface area contributed by atoms with E-state index < -0.39 is 33.8 Å². The number of benzene rings is 2. The summed E-state index contributed by atoms with van der Waals surface area (Å²) in [7, 11) is 0. The number of nitrogens with zero attached hydrogens (tertiary/aromatic N) is 4. The first-order chi connectivity index (χ1) is 18.8. The summed E-state index contributed by atoms with van der Waals surface area (Å²) in [6, 6.07) is 15.3. The van der Waals surface area contributed by atoms with Crippen molar-refractivity contribution in [1.82, 2.24) is 4.90 Å². The third-order valence-corrected chi connectivity index (χ3v) is 10.6. The lowest BCUT2D eigenvalue weighted by Crippen LogP contribution is -2.55. The highest BCUT2D eigenvalue weighted by Crippen LogP contribution is 2.65. The van der Waals surface area contributed by atoms with Gasteiger partial charge in [-0.25, -0.2) is 0 Å². The normalized spacial score (nSPS) is 34.6. The standard InChI is InChI=1S/C31H27ClN4O3/c32-24-6-5-22(12-25(24)36(38)39)26-27(29(37)30-13-18-9-19(14-30)11-20(10-18)15-30)35-8-7-21-3-1-2-4-23(21)28(35)31(26,16-33)17-34/h1-8,12,18-20,26-28H,9-11,13-15H2. The number of halogens is 1. The molecule has 3 atom stereocenters. The van der Waals surface area contributed by atoms with E-state index in [1.807, 2.05) is 41.4 Å². The van der Waals surface area contributed by atoms with Gasteiger partial charge < -0.3 is 4.90 Å². The Hall–Kier alpha value is -3.68.